The molecule has 0 bridgehead atoms. The van der Waals surface area contributed by atoms with Gasteiger partial charge >= 0.3 is 0 Å². The van der Waals surface area contributed by atoms with E-state index in [1.165, 1.54) is 21.9 Å². The molecule has 0 spiro atoms. The predicted molar refractivity (Wildman–Crippen MR) is 75.5 cm³/mol. The average Bonchev–Trinajstić information content (AvgIpc) is 2.75. The molecule has 1 atom stereocenters. The molecule has 0 aliphatic carbocycles. The Morgan fingerprint density at radius 2 is 1.94 bits per heavy atom. The Morgan fingerprint density at radius 3 is 2.56 bits per heavy atom. The summed E-state index contributed by atoms with van der Waals surface area (Å²) in [6.07, 6.45) is 1.83. The number of benzene rings is 1. The molecule has 1 heterocycles. The molecule has 1 nitrogen and oxygen atoms in total. The van der Waals surface area contributed by atoms with Crippen molar-refractivity contribution >= 4 is 11.3 Å². The van der Waals surface area contributed by atoms with Crippen LogP contribution in [0.4, 0.5) is 4.39 Å². The van der Waals surface area contributed by atoms with Gasteiger partial charge in [-0.1, -0.05) is 13.0 Å². The van der Waals surface area contributed by atoms with Crippen LogP contribution in [-0.2, 0) is 12.8 Å². The summed E-state index contributed by atoms with van der Waals surface area (Å²) < 4.78 is 13.3. The lowest BCUT2D eigenvalue weighted by molar-refractivity contribution is 0.617. The minimum absolute atomic E-state index is 0.136. The second kappa shape index (κ2) is 5.63. The van der Waals surface area contributed by atoms with E-state index in [9.17, 15) is 4.39 Å². The summed E-state index contributed by atoms with van der Waals surface area (Å²) in [6.45, 7) is 4.03. The quantitative estimate of drug-likeness (QED) is 0.886. The van der Waals surface area contributed by atoms with Crippen LogP contribution in [-0.4, -0.2) is 0 Å². The average molecular weight is 263 g/mol. The van der Waals surface area contributed by atoms with Crippen molar-refractivity contribution in [3.63, 3.8) is 0 Å². The lowest BCUT2D eigenvalue weighted by Crippen LogP contribution is -2.13. The van der Waals surface area contributed by atoms with Crippen molar-refractivity contribution in [1.29, 1.82) is 0 Å². The molecular formula is C15H18FNS. The van der Waals surface area contributed by atoms with Crippen molar-refractivity contribution in [3.05, 3.63) is 57.0 Å². The van der Waals surface area contributed by atoms with E-state index < -0.39 is 0 Å². The first-order valence-corrected chi connectivity index (χ1v) is 7.00. The van der Waals surface area contributed by atoms with Crippen molar-refractivity contribution in [2.75, 3.05) is 0 Å². The standard InChI is InChI=1S/C15H18FNS/c1-3-13-4-5-14(18-13)9-15(17)11-6-10(2)7-12(16)8-11/h4-8,15H,3,9,17H2,1-2H3. The highest BCUT2D eigenvalue weighted by Crippen LogP contribution is 2.23. The molecule has 1 aromatic carbocycles. The maximum Gasteiger partial charge on any atom is 0.123 e. The molecule has 1 unspecified atom stereocenters. The van der Waals surface area contributed by atoms with Crippen LogP contribution in [0.1, 0.15) is 33.8 Å². The SMILES string of the molecule is CCc1ccc(CC(N)c2cc(C)cc(F)c2)s1. The van der Waals surface area contributed by atoms with Crippen LogP contribution in [0, 0.1) is 12.7 Å². The fourth-order valence-electron chi connectivity index (χ4n) is 2.04. The second-order valence-electron chi connectivity index (χ2n) is 4.59. The van der Waals surface area contributed by atoms with Gasteiger partial charge in [0.25, 0.3) is 0 Å². The van der Waals surface area contributed by atoms with Crippen LogP contribution in [0.15, 0.2) is 30.3 Å². The van der Waals surface area contributed by atoms with Crippen molar-refractivity contribution in [2.24, 2.45) is 5.73 Å². The normalized spacial score (nSPS) is 12.7. The monoisotopic (exact) mass is 263 g/mol. The number of aryl methyl sites for hydroxylation is 2. The van der Waals surface area contributed by atoms with E-state index in [1.54, 1.807) is 11.3 Å². The molecule has 2 aromatic rings. The minimum atomic E-state index is -0.208. The molecule has 18 heavy (non-hydrogen) atoms. The highest BCUT2D eigenvalue weighted by atomic mass is 32.1. The third kappa shape index (κ3) is 3.18. The number of halogens is 1. The zero-order valence-corrected chi connectivity index (χ0v) is 11.6. The van der Waals surface area contributed by atoms with Crippen molar-refractivity contribution < 1.29 is 4.39 Å². The summed E-state index contributed by atoms with van der Waals surface area (Å²) >= 11 is 1.79. The molecule has 0 aliphatic rings. The molecular weight excluding hydrogens is 245 g/mol. The van der Waals surface area contributed by atoms with Crippen LogP contribution >= 0.6 is 11.3 Å². The van der Waals surface area contributed by atoms with Crippen LogP contribution in [0.5, 0.6) is 0 Å². The highest BCUT2D eigenvalue weighted by Gasteiger charge is 2.10. The van der Waals surface area contributed by atoms with E-state index in [-0.39, 0.29) is 11.9 Å². The molecule has 0 radical (unpaired) electrons. The van der Waals surface area contributed by atoms with E-state index >= 15 is 0 Å². The smallest absolute Gasteiger partial charge is 0.123 e. The van der Waals surface area contributed by atoms with Gasteiger partial charge in [0, 0.05) is 22.2 Å². The molecule has 0 fully saturated rings. The van der Waals surface area contributed by atoms with E-state index in [2.05, 4.69) is 19.1 Å². The van der Waals surface area contributed by atoms with Crippen LogP contribution in [0.25, 0.3) is 0 Å². The zero-order valence-electron chi connectivity index (χ0n) is 10.7. The topological polar surface area (TPSA) is 26.0 Å². The van der Waals surface area contributed by atoms with Crippen molar-refractivity contribution in [3.8, 4) is 0 Å². The van der Waals surface area contributed by atoms with E-state index in [4.69, 9.17) is 5.73 Å². The van der Waals surface area contributed by atoms with Crippen LogP contribution < -0.4 is 5.73 Å². The summed E-state index contributed by atoms with van der Waals surface area (Å²) in [5, 5.41) is 0. The second-order valence-corrected chi connectivity index (χ2v) is 5.85. The van der Waals surface area contributed by atoms with Crippen LogP contribution in [0.3, 0.4) is 0 Å². The van der Waals surface area contributed by atoms with Gasteiger partial charge in [0.05, 0.1) is 0 Å². The third-order valence-electron chi connectivity index (χ3n) is 2.98. The number of hydrogen-bond acceptors (Lipinski definition) is 2. The molecule has 2 rings (SSSR count). The lowest BCUT2D eigenvalue weighted by Gasteiger charge is -2.12. The Kier molecular flexibility index (Phi) is 4.15. The molecule has 0 amide bonds. The molecule has 96 valence electrons. The summed E-state index contributed by atoms with van der Waals surface area (Å²) in [5.74, 6) is -0.208. The van der Waals surface area contributed by atoms with E-state index in [1.807, 2.05) is 13.0 Å². The molecule has 3 heteroatoms. The largest absolute Gasteiger partial charge is 0.324 e. The Bertz CT molecular complexity index is 513. The number of rotatable bonds is 4. The maximum atomic E-state index is 13.3. The van der Waals surface area contributed by atoms with Crippen molar-refractivity contribution in [1.82, 2.24) is 0 Å². The van der Waals surface area contributed by atoms with Gasteiger partial charge in [-0.3, -0.25) is 0 Å². The van der Waals surface area contributed by atoms with Gasteiger partial charge in [-0.25, -0.2) is 4.39 Å². The first kappa shape index (κ1) is 13.2. The Labute approximate surface area is 111 Å². The first-order valence-electron chi connectivity index (χ1n) is 6.18. The fourth-order valence-corrected chi connectivity index (χ4v) is 3.05. The highest BCUT2D eigenvalue weighted by molar-refractivity contribution is 7.11. The van der Waals surface area contributed by atoms with Crippen molar-refractivity contribution in [2.45, 2.75) is 32.7 Å². The van der Waals surface area contributed by atoms with Gasteiger partial charge < -0.3 is 5.73 Å². The van der Waals surface area contributed by atoms with E-state index in [0.29, 0.717) is 0 Å². The Hall–Kier alpha value is -1.19. The fraction of sp³-hybridized carbons (Fsp3) is 0.333. The summed E-state index contributed by atoms with van der Waals surface area (Å²) in [6, 6.07) is 9.15. The Morgan fingerprint density at radius 1 is 1.22 bits per heavy atom. The minimum Gasteiger partial charge on any atom is -0.324 e. The Balaban J connectivity index is 2.13. The third-order valence-corrected chi connectivity index (χ3v) is 4.23. The molecule has 1 aromatic heterocycles. The summed E-state index contributed by atoms with van der Waals surface area (Å²) in [7, 11) is 0. The molecule has 0 saturated heterocycles. The van der Waals surface area contributed by atoms with Gasteiger partial charge in [-0.2, -0.15) is 0 Å². The first-order chi connectivity index (χ1) is 8.58. The number of thiophene rings is 1. The molecule has 0 aliphatic heterocycles. The molecule has 2 N–H and O–H groups in total. The predicted octanol–water partition coefficient (Wildman–Crippen LogP) is 4.00. The van der Waals surface area contributed by atoms with Crippen LogP contribution in [0.2, 0.25) is 0 Å². The summed E-state index contributed by atoms with van der Waals surface area (Å²) in [5.41, 5.74) is 7.95. The lowest BCUT2D eigenvalue weighted by atomic mass is 10.0. The van der Waals surface area contributed by atoms with Gasteiger partial charge in [-0.15, -0.1) is 11.3 Å². The number of nitrogens with two attached hydrogens (primary N) is 1. The summed E-state index contributed by atoms with van der Waals surface area (Å²) in [4.78, 5) is 2.63. The zero-order chi connectivity index (χ0) is 13.1. The maximum absolute atomic E-state index is 13.3. The molecule has 0 saturated carbocycles. The van der Waals surface area contributed by atoms with Gasteiger partial charge in [0.2, 0.25) is 0 Å². The van der Waals surface area contributed by atoms with Gasteiger partial charge in [0.15, 0.2) is 0 Å². The van der Waals surface area contributed by atoms with Gasteiger partial charge in [-0.05, 0) is 48.7 Å². The number of hydrogen-bond donors (Lipinski definition) is 1. The van der Waals surface area contributed by atoms with Gasteiger partial charge in [0.1, 0.15) is 5.82 Å². The van der Waals surface area contributed by atoms with E-state index in [0.717, 1.165) is 24.0 Å².